The van der Waals surface area contributed by atoms with E-state index in [2.05, 4.69) is 20.1 Å². The van der Waals surface area contributed by atoms with Crippen molar-refractivity contribution in [1.82, 2.24) is 19.1 Å². The third-order valence-corrected chi connectivity index (χ3v) is 7.98. The summed E-state index contributed by atoms with van der Waals surface area (Å²) in [5.41, 5.74) is 1.12. The van der Waals surface area contributed by atoms with Crippen molar-refractivity contribution in [3.63, 3.8) is 0 Å². The van der Waals surface area contributed by atoms with Crippen molar-refractivity contribution in [2.75, 3.05) is 51.6 Å². The molecule has 0 aliphatic carbocycles. The number of pyridine rings is 1. The number of sulfonamides is 1. The molecule has 0 spiro atoms. The smallest absolute Gasteiger partial charge is 0.244 e. The summed E-state index contributed by atoms with van der Waals surface area (Å²) in [5, 5.41) is 3.43. The highest BCUT2D eigenvalue weighted by atomic mass is 32.2. The second-order valence-electron chi connectivity index (χ2n) is 8.41. The van der Waals surface area contributed by atoms with Crippen molar-refractivity contribution in [3.8, 4) is 0 Å². The molecule has 31 heavy (non-hydrogen) atoms. The van der Waals surface area contributed by atoms with E-state index in [1.165, 1.54) is 22.6 Å². The quantitative estimate of drug-likeness (QED) is 0.733. The first-order chi connectivity index (χ1) is 14.9. The fourth-order valence-electron chi connectivity index (χ4n) is 4.09. The number of aromatic nitrogens is 1. The molecule has 2 aromatic rings. The lowest BCUT2D eigenvalue weighted by atomic mass is 10.0. The van der Waals surface area contributed by atoms with Gasteiger partial charge in [0.2, 0.25) is 10.0 Å². The van der Waals surface area contributed by atoms with E-state index in [1.54, 1.807) is 12.1 Å². The maximum Gasteiger partial charge on any atom is 0.244 e. The zero-order valence-electron chi connectivity index (χ0n) is 17.9. The minimum absolute atomic E-state index is 0.207. The minimum atomic E-state index is -3.49. The summed E-state index contributed by atoms with van der Waals surface area (Å²) in [6.45, 7) is 5.23. The van der Waals surface area contributed by atoms with Gasteiger partial charge in [-0.1, -0.05) is 12.1 Å². The van der Waals surface area contributed by atoms with Crippen LogP contribution < -0.4 is 5.32 Å². The van der Waals surface area contributed by atoms with E-state index >= 15 is 0 Å². The van der Waals surface area contributed by atoms with Gasteiger partial charge in [-0.05, 0) is 49.7 Å². The summed E-state index contributed by atoms with van der Waals surface area (Å²) in [4.78, 5) is 9.11. The van der Waals surface area contributed by atoms with E-state index < -0.39 is 10.0 Å². The number of benzene rings is 1. The molecule has 1 N–H and O–H groups in total. The van der Waals surface area contributed by atoms with E-state index in [9.17, 15) is 12.8 Å². The topological polar surface area (TPSA) is 68.8 Å². The molecule has 0 saturated carbocycles. The van der Waals surface area contributed by atoms with Crippen LogP contribution in [0.5, 0.6) is 0 Å². The number of rotatable bonds is 6. The molecule has 7 nitrogen and oxygen atoms in total. The lowest BCUT2D eigenvalue weighted by molar-refractivity contribution is 0.211. The molecule has 1 aromatic carbocycles. The van der Waals surface area contributed by atoms with E-state index in [0.717, 1.165) is 51.1 Å². The monoisotopic (exact) mass is 447 g/mol. The van der Waals surface area contributed by atoms with Gasteiger partial charge in [-0.15, -0.1) is 0 Å². The van der Waals surface area contributed by atoms with E-state index in [4.69, 9.17) is 0 Å². The minimum Gasteiger partial charge on any atom is -0.367 e. The Balaban J connectivity index is 1.28. The lowest BCUT2D eigenvalue weighted by Gasteiger charge is -2.32. The number of anilines is 1. The van der Waals surface area contributed by atoms with E-state index in [0.29, 0.717) is 24.9 Å². The highest BCUT2D eigenvalue weighted by Crippen LogP contribution is 2.20. The number of hydrogen-bond donors (Lipinski definition) is 1. The Morgan fingerprint density at radius 1 is 1.00 bits per heavy atom. The van der Waals surface area contributed by atoms with Gasteiger partial charge in [-0.2, -0.15) is 4.31 Å². The zero-order valence-corrected chi connectivity index (χ0v) is 18.7. The normalized spacial score (nSPS) is 20.1. The summed E-state index contributed by atoms with van der Waals surface area (Å²) in [6, 6.07) is 10.4. The fourth-order valence-corrected chi connectivity index (χ4v) is 5.46. The summed E-state index contributed by atoms with van der Waals surface area (Å²) in [6.07, 6.45) is 3.41. The maximum absolute atomic E-state index is 13.1. The van der Waals surface area contributed by atoms with Crippen LogP contribution in [-0.4, -0.2) is 79.9 Å². The van der Waals surface area contributed by atoms with Crippen LogP contribution in [0.2, 0.25) is 0 Å². The molecule has 168 valence electrons. The summed E-state index contributed by atoms with van der Waals surface area (Å²) < 4.78 is 40.2. The maximum atomic E-state index is 13.1. The predicted molar refractivity (Wildman–Crippen MR) is 119 cm³/mol. The van der Waals surface area contributed by atoms with Gasteiger partial charge in [0.15, 0.2) is 0 Å². The van der Waals surface area contributed by atoms with Crippen LogP contribution in [-0.2, 0) is 16.6 Å². The van der Waals surface area contributed by atoms with Gasteiger partial charge in [-0.3, -0.25) is 4.90 Å². The second-order valence-corrected chi connectivity index (χ2v) is 10.3. The first-order valence-electron chi connectivity index (χ1n) is 10.8. The molecular weight excluding hydrogens is 417 g/mol. The Labute approximate surface area is 183 Å². The standard InChI is InChI=1S/C22H30FN5O2S/c1-26-12-14-28(15-13-26)31(29,30)21-6-7-22(24-16-21)25-20-8-10-27(11-9-20)17-18-2-4-19(23)5-3-18/h2-7,16,20H,8-15,17H2,1H3,(H,24,25). The third kappa shape index (κ3) is 5.60. The molecule has 3 heterocycles. The van der Waals surface area contributed by atoms with Crippen molar-refractivity contribution in [2.24, 2.45) is 0 Å². The Morgan fingerprint density at radius 3 is 2.29 bits per heavy atom. The molecule has 0 amide bonds. The number of nitrogens with one attached hydrogen (secondary N) is 1. The number of piperidine rings is 1. The zero-order chi connectivity index (χ0) is 21.8. The van der Waals surface area contributed by atoms with Crippen molar-refractivity contribution in [3.05, 3.63) is 54.0 Å². The Kier molecular flexibility index (Phi) is 6.86. The molecule has 0 atom stereocenters. The Hall–Kier alpha value is -2.07. The first kappa shape index (κ1) is 22.1. The van der Waals surface area contributed by atoms with Crippen LogP contribution >= 0.6 is 0 Å². The van der Waals surface area contributed by atoms with Crippen LogP contribution in [0.1, 0.15) is 18.4 Å². The molecule has 0 bridgehead atoms. The Morgan fingerprint density at radius 2 is 1.68 bits per heavy atom. The molecule has 2 saturated heterocycles. The molecule has 9 heteroatoms. The molecule has 0 radical (unpaired) electrons. The van der Waals surface area contributed by atoms with Gasteiger partial charge < -0.3 is 10.2 Å². The van der Waals surface area contributed by atoms with Gasteiger partial charge >= 0.3 is 0 Å². The molecule has 0 unspecified atom stereocenters. The highest BCUT2D eigenvalue weighted by Gasteiger charge is 2.28. The molecule has 1 aromatic heterocycles. The third-order valence-electron chi connectivity index (χ3n) is 6.10. The molecule has 2 aliphatic rings. The lowest BCUT2D eigenvalue weighted by Crippen LogP contribution is -2.47. The average molecular weight is 448 g/mol. The number of hydrogen-bond acceptors (Lipinski definition) is 6. The Bertz CT molecular complexity index is 952. The number of nitrogens with zero attached hydrogens (tertiary/aromatic N) is 4. The van der Waals surface area contributed by atoms with Crippen LogP contribution in [0.15, 0.2) is 47.5 Å². The van der Waals surface area contributed by atoms with Gasteiger partial charge in [-0.25, -0.2) is 17.8 Å². The van der Waals surface area contributed by atoms with Crippen LogP contribution in [0, 0.1) is 5.82 Å². The first-order valence-corrected chi connectivity index (χ1v) is 12.2. The van der Waals surface area contributed by atoms with Crippen molar-refractivity contribution >= 4 is 15.8 Å². The number of likely N-dealkylation sites (N-methyl/N-ethyl adjacent to an activating group) is 1. The summed E-state index contributed by atoms with van der Waals surface area (Å²) >= 11 is 0. The molecule has 4 rings (SSSR count). The SMILES string of the molecule is CN1CCN(S(=O)(=O)c2ccc(NC3CCN(Cc4ccc(F)cc4)CC3)nc2)CC1. The van der Waals surface area contributed by atoms with Crippen LogP contribution in [0.4, 0.5) is 10.2 Å². The summed E-state index contributed by atoms with van der Waals surface area (Å²) in [5.74, 6) is 0.496. The second kappa shape index (κ2) is 9.60. The highest BCUT2D eigenvalue weighted by molar-refractivity contribution is 7.89. The van der Waals surface area contributed by atoms with Crippen LogP contribution in [0.25, 0.3) is 0 Å². The number of likely N-dealkylation sites (tertiary alicyclic amines) is 1. The largest absolute Gasteiger partial charge is 0.367 e. The van der Waals surface area contributed by atoms with Crippen molar-refractivity contribution in [1.29, 1.82) is 0 Å². The molecular formula is C22H30FN5O2S. The van der Waals surface area contributed by atoms with Crippen LogP contribution in [0.3, 0.4) is 0 Å². The fraction of sp³-hybridized carbons (Fsp3) is 0.500. The van der Waals surface area contributed by atoms with Gasteiger partial charge in [0.25, 0.3) is 0 Å². The van der Waals surface area contributed by atoms with Crippen molar-refractivity contribution < 1.29 is 12.8 Å². The number of halogens is 1. The van der Waals surface area contributed by atoms with E-state index in [1.807, 2.05) is 19.2 Å². The predicted octanol–water partition coefficient (Wildman–Crippen LogP) is 2.23. The van der Waals surface area contributed by atoms with Crippen molar-refractivity contribution in [2.45, 2.75) is 30.3 Å². The summed E-state index contributed by atoms with van der Waals surface area (Å²) in [7, 11) is -1.49. The number of piperazine rings is 1. The van der Waals surface area contributed by atoms with Gasteiger partial charge in [0.05, 0.1) is 0 Å². The van der Waals surface area contributed by atoms with E-state index in [-0.39, 0.29) is 10.7 Å². The van der Waals surface area contributed by atoms with Gasteiger partial charge in [0.1, 0.15) is 16.5 Å². The average Bonchev–Trinajstić information content (AvgIpc) is 2.77. The van der Waals surface area contributed by atoms with Gasteiger partial charge in [0, 0.05) is 58.1 Å². The molecule has 2 fully saturated rings. The molecule has 2 aliphatic heterocycles.